The number of urea groups is 1. The molecule has 0 spiro atoms. The molecule has 0 bridgehead atoms. The molecule has 2 amide bonds. The molecule has 2 aliphatic rings. The summed E-state index contributed by atoms with van der Waals surface area (Å²) in [6, 6.07) is 9.22. The van der Waals surface area contributed by atoms with Gasteiger partial charge in [0.25, 0.3) is 5.60 Å². The van der Waals surface area contributed by atoms with E-state index in [0.717, 1.165) is 30.5 Å². The molecule has 194 valence electrons. The third kappa shape index (κ3) is 6.01. The quantitative estimate of drug-likeness (QED) is 0.234. The van der Waals surface area contributed by atoms with Crippen molar-refractivity contribution in [3.63, 3.8) is 0 Å². The standard InChI is InChI=1S/C24H23Cl3F3N3O2S/c25-18-9-15(10-19(26)21(18)27)23(24(28,29)30)11-20(33-35-23)14-4-1-13(2-5-14)3-6-17(12-36)32-22(34)31-16-7-8-16/h1-2,4-5,9-10,16-17,36H,3,6-8,11-12H2,(H2,31,32,34). The molecule has 2 unspecified atom stereocenters. The average Bonchev–Trinajstić information content (AvgIpc) is 3.51. The summed E-state index contributed by atoms with van der Waals surface area (Å²) >= 11 is 22.2. The molecule has 0 radical (unpaired) electrons. The van der Waals surface area contributed by atoms with Crippen LogP contribution in [0, 0.1) is 0 Å². The first-order chi connectivity index (χ1) is 17.0. The van der Waals surface area contributed by atoms with Crippen molar-refractivity contribution in [2.75, 3.05) is 5.75 Å². The predicted molar refractivity (Wildman–Crippen MR) is 139 cm³/mol. The summed E-state index contributed by atoms with van der Waals surface area (Å²) in [5.41, 5.74) is -1.39. The van der Waals surface area contributed by atoms with Gasteiger partial charge >= 0.3 is 12.2 Å². The van der Waals surface area contributed by atoms with Gasteiger partial charge in [0.2, 0.25) is 0 Å². The van der Waals surface area contributed by atoms with Crippen molar-refractivity contribution in [3.8, 4) is 0 Å². The van der Waals surface area contributed by atoms with Crippen LogP contribution in [0.25, 0.3) is 0 Å². The first-order valence-corrected chi connectivity index (χ1v) is 13.0. The van der Waals surface area contributed by atoms with Gasteiger partial charge in [0.15, 0.2) is 0 Å². The van der Waals surface area contributed by atoms with E-state index in [9.17, 15) is 18.0 Å². The normalized spacial score (nSPS) is 20.5. The third-order valence-electron chi connectivity index (χ3n) is 6.17. The number of hydrogen-bond acceptors (Lipinski definition) is 4. The van der Waals surface area contributed by atoms with Crippen molar-refractivity contribution in [3.05, 3.63) is 68.2 Å². The Morgan fingerprint density at radius 2 is 1.81 bits per heavy atom. The van der Waals surface area contributed by atoms with Crippen LogP contribution in [0.5, 0.6) is 0 Å². The number of rotatable bonds is 8. The third-order valence-corrected chi connectivity index (χ3v) is 7.81. The number of benzene rings is 2. The number of thiol groups is 1. The number of oxime groups is 1. The molecule has 5 nitrogen and oxygen atoms in total. The average molecular weight is 581 g/mol. The number of alkyl halides is 3. The van der Waals surface area contributed by atoms with E-state index in [4.69, 9.17) is 39.6 Å². The lowest BCUT2D eigenvalue weighted by molar-refractivity contribution is -0.275. The van der Waals surface area contributed by atoms with E-state index in [-0.39, 0.29) is 44.5 Å². The molecule has 0 saturated heterocycles. The zero-order valence-corrected chi connectivity index (χ0v) is 22.0. The molecule has 2 aromatic carbocycles. The molecule has 36 heavy (non-hydrogen) atoms. The maximum Gasteiger partial charge on any atom is 0.435 e. The van der Waals surface area contributed by atoms with Gasteiger partial charge < -0.3 is 15.5 Å². The van der Waals surface area contributed by atoms with E-state index in [2.05, 4.69) is 28.4 Å². The zero-order valence-electron chi connectivity index (χ0n) is 18.8. The Morgan fingerprint density at radius 1 is 1.17 bits per heavy atom. The number of hydrogen-bond donors (Lipinski definition) is 3. The van der Waals surface area contributed by atoms with Crippen LogP contribution in [-0.4, -0.2) is 35.8 Å². The first kappa shape index (κ1) is 27.2. The maximum absolute atomic E-state index is 14.2. The molecule has 2 aromatic rings. The lowest BCUT2D eigenvalue weighted by Gasteiger charge is -2.30. The Hall–Kier alpha value is -1.81. The Morgan fingerprint density at radius 3 is 2.36 bits per heavy atom. The van der Waals surface area contributed by atoms with E-state index < -0.39 is 18.2 Å². The van der Waals surface area contributed by atoms with Gasteiger partial charge in [-0.1, -0.05) is 64.2 Å². The SMILES string of the molecule is O=C(NC(CS)CCc1ccc(C2=NOC(c3cc(Cl)c(Cl)c(Cl)c3)(C(F)(F)F)C2)cc1)NC1CC1. The summed E-state index contributed by atoms with van der Waals surface area (Å²) in [5.74, 6) is 0.489. The molecular weight excluding hydrogens is 558 g/mol. The highest BCUT2D eigenvalue weighted by Crippen LogP contribution is 2.50. The lowest BCUT2D eigenvalue weighted by atomic mass is 9.86. The van der Waals surface area contributed by atoms with E-state index in [0.29, 0.717) is 24.2 Å². The van der Waals surface area contributed by atoms with Gasteiger partial charge in [-0.15, -0.1) is 0 Å². The molecule has 12 heteroatoms. The Bertz CT molecular complexity index is 1140. The number of carbonyl (C=O) groups is 1. The highest BCUT2D eigenvalue weighted by molar-refractivity contribution is 7.80. The summed E-state index contributed by atoms with van der Waals surface area (Å²) in [5, 5.41) is 9.33. The fraction of sp³-hybridized carbons (Fsp3) is 0.417. The number of amides is 2. The van der Waals surface area contributed by atoms with Gasteiger partial charge in [0.05, 0.1) is 20.8 Å². The fourth-order valence-corrected chi connectivity index (χ4v) is 4.77. The van der Waals surface area contributed by atoms with E-state index >= 15 is 0 Å². The second-order valence-electron chi connectivity index (χ2n) is 8.89. The van der Waals surface area contributed by atoms with Crippen molar-refractivity contribution in [1.82, 2.24) is 10.6 Å². The molecule has 4 rings (SSSR count). The van der Waals surface area contributed by atoms with Gasteiger partial charge in [-0.25, -0.2) is 4.79 Å². The Kier molecular flexibility index (Phi) is 8.24. The molecule has 1 saturated carbocycles. The predicted octanol–water partition coefficient (Wildman–Crippen LogP) is 6.92. The van der Waals surface area contributed by atoms with Crippen molar-refractivity contribution in [2.24, 2.45) is 5.16 Å². The first-order valence-electron chi connectivity index (χ1n) is 11.3. The molecule has 1 aliphatic carbocycles. The highest BCUT2D eigenvalue weighted by atomic mass is 35.5. The van der Waals surface area contributed by atoms with Crippen LogP contribution in [0.15, 0.2) is 41.6 Å². The number of nitrogens with one attached hydrogen (secondary N) is 2. The topological polar surface area (TPSA) is 62.7 Å². The van der Waals surface area contributed by atoms with Gasteiger partial charge in [0, 0.05) is 29.8 Å². The number of carbonyl (C=O) groups excluding carboxylic acids is 1. The Balaban J connectivity index is 1.43. The lowest BCUT2D eigenvalue weighted by Crippen LogP contribution is -2.44. The Labute approximate surface area is 227 Å². The minimum absolute atomic E-state index is 0.0342. The van der Waals surface area contributed by atoms with Crippen LogP contribution in [0.3, 0.4) is 0 Å². The van der Waals surface area contributed by atoms with Crippen LogP contribution in [-0.2, 0) is 16.9 Å². The minimum Gasteiger partial charge on any atom is -0.374 e. The van der Waals surface area contributed by atoms with Crippen molar-refractivity contribution < 1.29 is 22.8 Å². The fourth-order valence-electron chi connectivity index (χ4n) is 3.90. The second kappa shape index (κ2) is 10.9. The molecule has 0 aromatic heterocycles. The van der Waals surface area contributed by atoms with Crippen molar-refractivity contribution in [2.45, 2.75) is 56.0 Å². The van der Waals surface area contributed by atoms with E-state index in [1.54, 1.807) is 12.1 Å². The van der Waals surface area contributed by atoms with E-state index in [1.807, 2.05) is 12.1 Å². The van der Waals surface area contributed by atoms with Crippen LogP contribution in [0.2, 0.25) is 15.1 Å². The summed E-state index contributed by atoms with van der Waals surface area (Å²) in [7, 11) is 0. The highest BCUT2D eigenvalue weighted by Gasteiger charge is 2.62. The zero-order chi connectivity index (χ0) is 26.1. The largest absolute Gasteiger partial charge is 0.435 e. The molecule has 1 heterocycles. The summed E-state index contributed by atoms with van der Waals surface area (Å²) < 4.78 is 42.7. The summed E-state index contributed by atoms with van der Waals surface area (Å²) in [6.45, 7) is 0. The second-order valence-corrected chi connectivity index (χ2v) is 10.4. The van der Waals surface area contributed by atoms with Crippen molar-refractivity contribution >= 4 is 59.2 Å². The number of halogens is 6. The van der Waals surface area contributed by atoms with Crippen LogP contribution in [0.1, 0.15) is 42.4 Å². The molecule has 1 fully saturated rings. The van der Waals surface area contributed by atoms with Gasteiger partial charge in [-0.2, -0.15) is 25.8 Å². The molecular formula is C24H23Cl3F3N3O2S. The number of aryl methyl sites for hydroxylation is 1. The summed E-state index contributed by atoms with van der Waals surface area (Å²) in [4.78, 5) is 17.0. The molecule has 2 N–H and O–H groups in total. The maximum atomic E-state index is 14.2. The van der Waals surface area contributed by atoms with Gasteiger partial charge in [-0.3, -0.25) is 0 Å². The molecule has 1 aliphatic heterocycles. The van der Waals surface area contributed by atoms with Gasteiger partial charge in [-0.05, 0) is 48.9 Å². The van der Waals surface area contributed by atoms with Crippen LogP contribution < -0.4 is 10.6 Å². The smallest absolute Gasteiger partial charge is 0.374 e. The van der Waals surface area contributed by atoms with Gasteiger partial charge in [0.1, 0.15) is 0 Å². The van der Waals surface area contributed by atoms with Crippen molar-refractivity contribution in [1.29, 1.82) is 0 Å². The molecule has 2 atom stereocenters. The van der Waals surface area contributed by atoms with Crippen LogP contribution >= 0.6 is 47.4 Å². The minimum atomic E-state index is -4.79. The van der Waals surface area contributed by atoms with Crippen LogP contribution in [0.4, 0.5) is 18.0 Å². The van der Waals surface area contributed by atoms with E-state index in [1.165, 1.54) is 0 Å². The monoisotopic (exact) mass is 579 g/mol. The summed E-state index contributed by atoms with van der Waals surface area (Å²) in [6.07, 6.45) is -2.00. The number of nitrogens with zero attached hydrogens (tertiary/aromatic N) is 1.